The molecule has 3 aromatic heterocycles. The summed E-state index contributed by atoms with van der Waals surface area (Å²) in [6.07, 6.45) is 5.78. The fourth-order valence-electron chi connectivity index (χ4n) is 4.25. The molecule has 0 aliphatic carbocycles. The monoisotopic (exact) mass is 471 g/mol. The molecule has 4 atom stereocenters. The summed E-state index contributed by atoms with van der Waals surface area (Å²) in [6.45, 7) is 6.90. The van der Waals surface area contributed by atoms with E-state index in [0.29, 0.717) is 40.5 Å². The van der Waals surface area contributed by atoms with Crippen molar-refractivity contribution in [3.8, 4) is 0 Å². The fraction of sp³-hybridized carbons (Fsp3) is 0.478. The Bertz CT molecular complexity index is 1110. The van der Waals surface area contributed by atoms with Crippen molar-refractivity contribution < 1.29 is 0 Å². The van der Waals surface area contributed by atoms with E-state index in [-0.39, 0.29) is 0 Å². The smallest absolute Gasteiger partial charge is 0.179 e. The largest absolute Gasteiger partial charge is 0.382 e. The minimum atomic E-state index is 0.314. The van der Waals surface area contributed by atoms with Gasteiger partial charge in [-0.3, -0.25) is 0 Å². The summed E-state index contributed by atoms with van der Waals surface area (Å²) in [6, 6.07) is 7.12. The molecular weight excluding hydrogens is 442 g/mol. The van der Waals surface area contributed by atoms with Gasteiger partial charge >= 0.3 is 0 Å². The van der Waals surface area contributed by atoms with Crippen LogP contribution in [0.15, 0.2) is 40.5 Å². The minimum Gasteiger partial charge on any atom is -0.382 e. The highest BCUT2D eigenvalue weighted by atomic mass is 35.5. The molecule has 4 rings (SSSR count). The fourth-order valence-corrected chi connectivity index (χ4v) is 5.29. The second-order valence-electron chi connectivity index (χ2n) is 8.89. The number of nitrogens with zero attached hydrogens (tertiary/aromatic N) is 6. The van der Waals surface area contributed by atoms with Crippen molar-refractivity contribution in [2.24, 2.45) is 5.92 Å². The van der Waals surface area contributed by atoms with Crippen LogP contribution in [0.4, 0.5) is 11.6 Å². The Balaban J connectivity index is 1.60. The molecule has 1 aliphatic rings. The van der Waals surface area contributed by atoms with Crippen molar-refractivity contribution in [2.75, 3.05) is 24.7 Å². The second-order valence-corrected chi connectivity index (χ2v) is 10.3. The van der Waals surface area contributed by atoms with Gasteiger partial charge < -0.3 is 15.5 Å². The van der Waals surface area contributed by atoms with Gasteiger partial charge in [0, 0.05) is 29.2 Å². The topological polar surface area (TPSA) is 84.1 Å². The summed E-state index contributed by atoms with van der Waals surface area (Å²) in [7, 11) is 4.28. The molecule has 1 saturated heterocycles. The van der Waals surface area contributed by atoms with E-state index < -0.39 is 0 Å². The molecule has 7 nitrogen and oxygen atoms in total. The van der Waals surface area contributed by atoms with Gasteiger partial charge in [-0.15, -0.1) is 0 Å². The molecule has 9 heteroatoms. The average molecular weight is 472 g/mol. The van der Waals surface area contributed by atoms with E-state index >= 15 is 0 Å². The van der Waals surface area contributed by atoms with Gasteiger partial charge in [0.1, 0.15) is 22.2 Å². The van der Waals surface area contributed by atoms with Crippen LogP contribution in [0.25, 0.3) is 11.2 Å². The summed E-state index contributed by atoms with van der Waals surface area (Å²) in [4.78, 5) is 23.8. The number of anilines is 2. The number of fused-ring (bicyclic) bond motifs is 1. The maximum Gasteiger partial charge on any atom is 0.179 e. The van der Waals surface area contributed by atoms with E-state index in [1.54, 1.807) is 6.20 Å². The normalized spacial score (nSPS) is 22.1. The first-order chi connectivity index (χ1) is 15.2. The van der Waals surface area contributed by atoms with Crippen LogP contribution in [-0.4, -0.2) is 57.1 Å². The first-order valence-electron chi connectivity index (χ1n) is 10.9. The Morgan fingerprint density at radius 1 is 1.22 bits per heavy atom. The highest BCUT2D eigenvalue weighted by molar-refractivity contribution is 7.99. The van der Waals surface area contributed by atoms with Gasteiger partial charge in [0.2, 0.25) is 0 Å². The molecule has 0 amide bonds. The average Bonchev–Trinajstić information content (AvgIpc) is 3.04. The lowest BCUT2D eigenvalue weighted by Crippen LogP contribution is -2.40. The Labute approximate surface area is 198 Å². The van der Waals surface area contributed by atoms with Gasteiger partial charge in [0.15, 0.2) is 5.65 Å². The van der Waals surface area contributed by atoms with Crippen molar-refractivity contribution in [1.82, 2.24) is 24.8 Å². The van der Waals surface area contributed by atoms with Crippen LogP contribution < -0.4 is 10.6 Å². The van der Waals surface area contributed by atoms with Gasteiger partial charge in [-0.2, -0.15) is 0 Å². The van der Waals surface area contributed by atoms with Crippen molar-refractivity contribution in [2.45, 2.75) is 61.7 Å². The zero-order valence-electron chi connectivity index (χ0n) is 19.2. The molecule has 1 fully saturated rings. The van der Waals surface area contributed by atoms with E-state index in [4.69, 9.17) is 22.3 Å². The maximum atomic E-state index is 6.28. The van der Waals surface area contributed by atoms with Crippen LogP contribution in [0, 0.1) is 5.92 Å². The van der Waals surface area contributed by atoms with Crippen molar-refractivity contribution in [1.29, 1.82) is 0 Å². The SMILES string of the molecule is CC(C[C@@H]1C[C@H](C)C(C)N1c1cnc2nc(Sc3ccnc(N)c3Cl)ccc2n1)N(C)C. The third-order valence-corrected chi connectivity index (χ3v) is 8.03. The number of hydrogen-bond donors (Lipinski definition) is 1. The number of aromatic nitrogens is 4. The summed E-state index contributed by atoms with van der Waals surface area (Å²) in [5.41, 5.74) is 7.22. The summed E-state index contributed by atoms with van der Waals surface area (Å²) in [5, 5.41) is 1.23. The van der Waals surface area contributed by atoms with Crippen LogP contribution in [0.3, 0.4) is 0 Å². The Kier molecular flexibility index (Phi) is 6.74. The molecule has 2 N–H and O–H groups in total. The van der Waals surface area contributed by atoms with Crippen molar-refractivity contribution >= 4 is 46.2 Å². The lowest BCUT2D eigenvalue weighted by Gasteiger charge is -2.33. The zero-order valence-corrected chi connectivity index (χ0v) is 20.7. The van der Waals surface area contributed by atoms with Gasteiger partial charge in [-0.25, -0.2) is 19.9 Å². The molecule has 0 radical (unpaired) electrons. The number of hydrogen-bond acceptors (Lipinski definition) is 8. The Morgan fingerprint density at radius 3 is 2.75 bits per heavy atom. The van der Waals surface area contributed by atoms with Crippen LogP contribution in [-0.2, 0) is 0 Å². The molecule has 3 aromatic rings. The quantitative estimate of drug-likeness (QED) is 0.551. The standard InChI is InChI=1S/C23H30ClN7S/c1-13-10-16(11-14(2)30(4)5)31(15(13)3)19-12-27-23-17(28-19)6-7-20(29-23)32-18-8-9-26-22(25)21(18)24/h6-9,12-16H,10-11H2,1-5H3,(H2,25,26)/t13-,14?,15?,16-/m0/s1. The van der Waals surface area contributed by atoms with E-state index in [1.807, 2.05) is 24.4 Å². The predicted molar refractivity (Wildman–Crippen MR) is 132 cm³/mol. The van der Waals surface area contributed by atoms with Crippen LogP contribution >= 0.6 is 23.4 Å². The van der Waals surface area contributed by atoms with Gasteiger partial charge in [0.05, 0.1) is 11.2 Å². The van der Waals surface area contributed by atoms with Gasteiger partial charge in [0.25, 0.3) is 0 Å². The molecule has 0 saturated carbocycles. The van der Waals surface area contributed by atoms with Crippen LogP contribution in [0.2, 0.25) is 5.02 Å². The highest BCUT2D eigenvalue weighted by Gasteiger charge is 2.37. The Hall–Kier alpha value is -2.16. The first kappa shape index (κ1) is 23.0. The number of halogens is 1. The van der Waals surface area contributed by atoms with E-state index in [2.05, 4.69) is 59.6 Å². The summed E-state index contributed by atoms with van der Waals surface area (Å²) < 4.78 is 0. The summed E-state index contributed by atoms with van der Waals surface area (Å²) in [5.74, 6) is 1.85. The summed E-state index contributed by atoms with van der Waals surface area (Å²) >= 11 is 7.71. The van der Waals surface area contributed by atoms with Crippen LogP contribution in [0.1, 0.15) is 33.6 Å². The number of nitrogen functional groups attached to an aromatic ring is 1. The zero-order chi connectivity index (χ0) is 23.0. The third kappa shape index (κ3) is 4.63. The highest BCUT2D eigenvalue weighted by Crippen LogP contribution is 2.37. The third-order valence-electron chi connectivity index (χ3n) is 6.52. The molecule has 0 bridgehead atoms. The minimum absolute atomic E-state index is 0.314. The lowest BCUT2D eigenvalue weighted by molar-refractivity contribution is 0.281. The molecule has 2 unspecified atom stereocenters. The molecule has 4 heterocycles. The van der Waals surface area contributed by atoms with E-state index in [1.165, 1.54) is 18.2 Å². The molecule has 32 heavy (non-hydrogen) atoms. The van der Waals surface area contributed by atoms with E-state index in [9.17, 15) is 0 Å². The second kappa shape index (κ2) is 9.37. The maximum absolute atomic E-state index is 6.28. The molecule has 170 valence electrons. The number of pyridine rings is 2. The lowest BCUT2D eigenvalue weighted by atomic mass is 9.99. The first-order valence-corrected chi connectivity index (χ1v) is 12.1. The van der Waals surface area contributed by atoms with Crippen molar-refractivity contribution in [3.63, 3.8) is 0 Å². The van der Waals surface area contributed by atoms with Gasteiger partial charge in [-0.05, 0) is 64.9 Å². The van der Waals surface area contributed by atoms with Crippen LogP contribution in [0.5, 0.6) is 0 Å². The number of rotatable bonds is 6. The van der Waals surface area contributed by atoms with Gasteiger partial charge in [-0.1, -0.05) is 30.3 Å². The van der Waals surface area contributed by atoms with E-state index in [0.717, 1.165) is 27.7 Å². The molecule has 1 aliphatic heterocycles. The molecule has 0 spiro atoms. The number of nitrogens with two attached hydrogens (primary N) is 1. The molecular formula is C23H30ClN7S. The Morgan fingerprint density at radius 2 is 2.00 bits per heavy atom. The molecule has 0 aromatic carbocycles. The predicted octanol–water partition coefficient (Wildman–Crippen LogP) is 4.75. The van der Waals surface area contributed by atoms with Crippen molar-refractivity contribution in [3.05, 3.63) is 35.6 Å².